The van der Waals surface area contributed by atoms with Crippen LogP contribution >= 0.6 is 11.3 Å². The lowest BCUT2D eigenvalue weighted by molar-refractivity contribution is -0.384. The quantitative estimate of drug-likeness (QED) is 0.381. The fourth-order valence-corrected chi connectivity index (χ4v) is 4.21. The van der Waals surface area contributed by atoms with E-state index in [1.165, 1.54) is 34.4 Å². The Morgan fingerprint density at radius 3 is 2.66 bits per heavy atom. The van der Waals surface area contributed by atoms with Gasteiger partial charge in [0.25, 0.3) is 11.6 Å². The molecule has 1 N–H and O–H groups in total. The molecule has 3 aromatic rings. The van der Waals surface area contributed by atoms with E-state index in [-0.39, 0.29) is 11.3 Å². The maximum absolute atomic E-state index is 13.2. The number of aliphatic hydroxyl groups is 1. The maximum Gasteiger partial charge on any atom is 0.270 e. The van der Waals surface area contributed by atoms with E-state index < -0.39 is 28.6 Å². The first-order valence-corrected chi connectivity index (χ1v) is 9.72. The summed E-state index contributed by atoms with van der Waals surface area (Å²) in [5, 5.41) is 24.2. The number of non-ortho nitro benzene ring substituents is 1. The molecule has 0 saturated carbocycles. The smallest absolute Gasteiger partial charge is 0.270 e. The van der Waals surface area contributed by atoms with Gasteiger partial charge in [-0.2, -0.15) is 0 Å². The number of nitro benzene ring substituents is 1. The zero-order valence-corrected chi connectivity index (χ0v) is 16.0. The Bertz CT molecular complexity index is 1110. The average Bonchev–Trinajstić information content (AvgIpc) is 3.30. The SMILES string of the molecule is O=C(CC1(O)C(=O)N(Cc2cccs2)c2ccccc21)c1cccc([N+](=O)[O-])c1. The lowest BCUT2D eigenvalue weighted by Crippen LogP contribution is -2.41. The number of benzene rings is 2. The van der Waals surface area contributed by atoms with Crippen LogP contribution < -0.4 is 4.90 Å². The predicted octanol–water partition coefficient (Wildman–Crippen LogP) is 3.66. The van der Waals surface area contributed by atoms with Crippen LogP contribution in [0.1, 0.15) is 27.2 Å². The van der Waals surface area contributed by atoms with Crippen LogP contribution in [0.4, 0.5) is 11.4 Å². The number of carbonyl (C=O) groups excluding carboxylic acids is 2. The average molecular weight is 408 g/mol. The largest absolute Gasteiger partial charge is 0.375 e. The number of fused-ring (bicyclic) bond motifs is 1. The van der Waals surface area contributed by atoms with Crippen molar-refractivity contribution in [3.63, 3.8) is 0 Å². The third-order valence-corrected chi connectivity index (χ3v) is 5.79. The summed E-state index contributed by atoms with van der Waals surface area (Å²) in [5.74, 6) is -1.12. The molecule has 0 aliphatic carbocycles. The van der Waals surface area contributed by atoms with Gasteiger partial charge in [-0.1, -0.05) is 36.4 Å². The molecule has 8 heteroatoms. The van der Waals surface area contributed by atoms with Crippen molar-refractivity contribution in [2.24, 2.45) is 0 Å². The lowest BCUT2D eigenvalue weighted by atomic mass is 9.88. The van der Waals surface area contributed by atoms with E-state index in [4.69, 9.17) is 0 Å². The topological polar surface area (TPSA) is 101 Å². The standard InChI is InChI=1S/C21H16N2O5S/c24-19(14-5-3-6-15(11-14)23(27)28)12-21(26)17-8-1-2-9-18(17)22(20(21)25)13-16-7-4-10-29-16/h1-11,26H,12-13H2. The number of thiophene rings is 1. The molecule has 4 rings (SSSR count). The summed E-state index contributed by atoms with van der Waals surface area (Å²) < 4.78 is 0. The van der Waals surface area contributed by atoms with E-state index in [0.717, 1.165) is 10.9 Å². The highest BCUT2D eigenvalue weighted by Crippen LogP contribution is 2.43. The molecule has 0 bridgehead atoms. The second kappa shape index (κ2) is 7.23. The summed E-state index contributed by atoms with van der Waals surface area (Å²) in [6, 6.07) is 15.9. The van der Waals surface area contributed by atoms with Crippen molar-refractivity contribution in [1.29, 1.82) is 0 Å². The third kappa shape index (κ3) is 3.32. The fourth-order valence-electron chi connectivity index (χ4n) is 3.52. The number of anilines is 1. The first kappa shape index (κ1) is 19.0. The molecule has 2 heterocycles. The van der Waals surface area contributed by atoms with Gasteiger partial charge < -0.3 is 10.0 Å². The molecule has 1 aliphatic rings. The Balaban J connectivity index is 1.67. The molecule has 1 unspecified atom stereocenters. The Hall–Kier alpha value is -3.36. The van der Waals surface area contributed by atoms with Gasteiger partial charge in [-0.25, -0.2) is 0 Å². The van der Waals surface area contributed by atoms with E-state index >= 15 is 0 Å². The molecule has 0 fully saturated rings. The highest BCUT2D eigenvalue weighted by molar-refractivity contribution is 7.09. The molecule has 0 radical (unpaired) electrons. The van der Waals surface area contributed by atoms with Gasteiger partial charge >= 0.3 is 0 Å². The van der Waals surface area contributed by atoms with Crippen LogP contribution in [-0.2, 0) is 16.9 Å². The van der Waals surface area contributed by atoms with Crippen molar-refractivity contribution in [2.75, 3.05) is 4.90 Å². The second-order valence-corrected chi connectivity index (χ2v) is 7.79. The van der Waals surface area contributed by atoms with Crippen LogP contribution in [-0.4, -0.2) is 21.7 Å². The molecule has 0 spiro atoms. The van der Waals surface area contributed by atoms with E-state index in [1.54, 1.807) is 24.3 Å². The Labute approximate surface area is 170 Å². The highest BCUT2D eigenvalue weighted by atomic mass is 32.1. The van der Waals surface area contributed by atoms with Gasteiger partial charge in [0.2, 0.25) is 0 Å². The minimum atomic E-state index is -2.02. The van der Waals surface area contributed by atoms with Crippen molar-refractivity contribution in [1.82, 2.24) is 0 Å². The Morgan fingerprint density at radius 2 is 1.93 bits per heavy atom. The molecule has 0 saturated heterocycles. The highest BCUT2D eigenvalue weighted by Gasteiger charge is 2.50. The minimum absolute atomic E-state index is 0.0783. The van der Waals surface area contributed by atoms with Crippen molar-refractivity contribution in [2.45, 2.75) is 18.6 Å². The van der Waals surface area contributed by atoms with Crippen LogP contribution in [0.2, 0.25) is 0 Å². The van der Waals surface area contributed by atoms with Crippen molar-refractivity contribution in [3.8, 4) is 0 Å². The molecular weight excluding hydrogens is 392 g/mol. The molecule has 1 amide bonds. The van der Waals surface area contributed by atoms with Gasteiger partial charge in [0.1, 0.15) is 0 Å². The molecule has 1 aliphatic heterocycles. The number of hydrogen-bond donors (Lipinski definition) is 1. The lowest BCUT2D eigenvalue weighted by Gasteiger charge is -2.22. The predicted molar refractivity (Wildman–Crippen MR) is 108 cm³/mol. The van der Waals surface area contributed by atoms with E-state index in [0.29, 0.717) is 17.8 Å². The van der Waals surface area contributed by atoms with E-state index in [1.807, 2.05) is 17.5 Å². The van der Waals surface area contributed by atoms with Crippen molar-refractivity contribution in [3.05, 3.63) is 92.2 Å². The Kier molecular flexibility index (Phi) is 4.73. The molecule has 7 nitrogen and oxygen atoms in total. The van der Waals surface area contributed by atoms with Crippen LogP contribution in [0.25, 0.3) is 0 Å². The van der Waals surface area contributed by atoms with E-state index in [2.05, 4.69) is 0 Å². The number of nitrogens with zero attached hydrogens (tertiary/aromatic N) is 2. The van der Waals surface area contributed by atoms with Crippen LogP contribution in [0, 0.1) is 10.1 Å². The molecule has 2 aromatic carbocycles. The summed E-state index contributed by atoms with van der Waals surface area (Å²) in [6.07, 6.45) is -0.495. The van der Waals surface area contributed by atoms with Crippen molar-refractivity contribution < 1.29 is 19.6 Å². The summed E-state index contributed by atoms with van der Waals surface area (Å²) >= 11 is 1.50. The van der Waals surface area contributed by atoms with Crippen LogP contribution in [0.15, 0.2) is 66.0 Å². The van der Waals surface area contributed by atoms with Gasteiger partial charge in [0.15, 0.2) is 11.4 Å². The number of hydrogen-bond acceptors (Lipinski definition) is 6. The minimum Gasteiger partial charge on any atom is -0.375 e. The zero-order valence-electron chi connectivity index (χ0n) is 15.1. The second-order valence-electron chi connectivity index (χ2n) is 6.76. The van der Waals surface area contributed by atoms with Gasteiger partial charge in [-0.05, 0) is 17.5 Å². The maximum atomic E-state index is 13.2. The van der Waals surface area contributed by atoms with Gasteiger partial charge in [0.05, 0.1) is 23.6 Å². The number of Topliss-reactive ketones (excluding diaryl/α,β-unsaturated/α-hetero) is 1. The fraction of sp³-hybridized carbons (Fsp3) is 0.143. The molecular formula is C21H16N2O5S. The first-order chi connectivity index (χ1) is 13.9. The monoisotopic (exact) mass is 408 g/mol. The summed E-state index contributed by atoms with van der Waals surface area (Å²) in [6.45, 7) is 0.292. The number of para-hydroxylation sites is 1. The van der Waals surface area contributed by atoms with Gasteiger partial charge in [-0.15, -0.1) is 11.3 Å². The first-order valence-electron chi connectivity index (χ1n) is 8.84. The summed E-state index contributed by atoms with van der Waals surface area (Å²) in [7, 11) is 0. The van der Waals surface area contributed by atoms with Gasteiger partial charge in [-0.3, -0.25) is 19.7 Å². The third-order valence-electron chi connectivity index (χ3n) is 4.93. The number of nitro groups is 1. The summed E-state index contributed by atoms with van der Waals surface area (Å²) in [4.78, 5) is 38.8. The molecule has 146 valence electrons. The number of carbonyl (C=O) groups is 2. The molecule has 1 atom stereocenters. The van der Waals surface area contributed by atoms with Crippen molar-refractivity contribution >= 4 is 34.4 Å². The van der Waals surface area contributed by atoms with E-state index in [9.17, 15) is 24.8 Å². The molecule has 29 heavy (non-hydrogen) atoms. The molecule has 1 aromatic heterocycles. The number of amides is 1. The van der Waals surface area contributed by atoms with Gasteiger partial charge in [0, 0.05) is 28.1 Å². The Morgan fingerprint density at radius 1 is 1.14 bits per heavy atom. The zero-order chi connectivity index (χ0) is 20.6. The number of rotatable bonds is 6. The van der Waals surface area contributed by atoms with Crippen LogP contribution in [0.3, 0.4) is 0 Å². The number of ketones is 1. The normalized spacial score (nSPS) is 18.0. The summed E-state index contributed by atoms with van der Waals surface area (Å²) in [5.41, 5.74) is -1.24. The van der Waals surface area contributed by atoms with Crippen LogP contribution in [0.5, 0.6) is 0 Å².